The van der Waals surface area contributed by atoms with Crippen LogP contribution in [-0.4, -0.2) is 32.2 Å². The summed E-state index contributed by atoms with van der Waals surface area (Å²) in [7, 11) is 0. The maximum atomic E-state index is 12.5. The van der Waals surface area contributed by atoms with E-state index in [-0.39, 0.29) is 12.4 Å². The summed E-state index contributed by atoms with van der Waals surface area (Å²) in [5, 5.41) is 9.51. The van der Waals surface area contributed by atoms with E-state index in [4.69, 9.17) is 0 Å². The minimum atomic E-state index is -0.274. The van der Waals surface area contributed by atoms with Crippen LogP contribution in [0.15, 0.2) is 53.3 Å². The van der Waals surface area contributed by atoms with Crippen molar-refractivity contribution in [3.63, 3.8) is 0 Å². The summed E-state index contributed by atoms with van der Waals surface area (Å²) in [5.74, 6) is 0. The Morgan fingerprint density at radius 1 is 1.00 bits per heavy atom. The number of aliphatic hydroxyl groups is 1. The van der Waals surface area contributed by atoms with Crippen molar-refractivity contribution in [3.05, 3.63) is 70.1 Å². The third kappa shape index (κ3) is 2.56. The van der Waals surface area contributed by atoms with Crippen LogP contribution in [0.1, 0.15) is 11.1 Å². The number of para-hydroxylation sites is 1. The van der Waals surface area contributed by atoms with Crippen molar-refractivity contribution in [3.8, 4) is 0 Å². The predicted molar refractivity (Wildman–Crippen MR) is 93.8 cm³/mol. The van der Waals surface area contributed by atoms with Crippen molar-refractivity contribution in [2.24, 2.45) is 0 Å². The molecule has 4 rings (SSSR count). The third-order valence-corrected chi connectivity index (χ3v) is 4.86. The van der Waals surface area contributed by atoms with Crippen molar-refractivity contribution < 1.29 is 5.11 Å². The molecule has 5 nitrogen and oxygen atoms in total. The van der Waals surface area contributed by atoms with E-state index in [2.05, 4.69) is 35.2 Å². The molecule has 5 heteroatoms. The first-order valence-electron chi connectivity index (χ1n) is 8.36. The zero-order valence-electron chi connectivity index (χ0n) is 13.6. The Morgan fingerprint density at radius 3 is 2.62 bits per heavy atom. The normalized spacial score (nSPS) is 14.9. The van der Waals surface area contributed by atoms with Gasteiger partial charge in [0.25, 0.3) is 0 Å². The molecule has 0 saturated heterocycles. The summed E-state index contributed by atoms with van der Waals surface area (Å²) in [6, 6.07) is 16.4. The molecule has 0 aliphatic carbocycles. The monoisotopic (exact) mass is 323 g/mol. The lowest BCUT2D eigenvalue weighted by Crippen LogP contribution is -2.31. The molecule has 0 amide bonds. The number of benzene rings is 2. The SMILES string of the molecule is O=c1n(CO)c2cccc3c2n1CCN(CCc1ccccc1)C3. The lowest BCUT2D eigenvalue weighted by atomic mass is 10.1. The number of hydrogen-bond donors (Lipinski definition) is 1. The first kappa shape index (κ1) is 15.2. The fraction of sp³-hybridized carbons (Fsp3) is 0.316. The highest BCUT2D eigenvalue weighted by atomic mass is 16.3. The van der Waals surface area contributed by atoms with Gasteiger partial charge in [0.1, 0.15) is 6.73 Å². The highest BCUT2D eigenvalue weighted by molar-refractivity contribution is 5.80. The fourth-order valence-electron chi connectivity index (χ4n) is 3.61. The predicted octanol–water partition coefficient (Wildman–Crippen LogP) is 1.81. The van der Waals surface area contributed by atoms with Gasteiger partial charge in [-0.25, -0.2) is 4.79 Å². The number of nitrogens with zero attached hydrogens (tertiary/aromatic N) is 3. The van der Waals surface area contributed by atoms with Gasteiger partial charge in [-0.3, -0.25) is 14.0 Å². The summed E-state index contributed by atoms with van der Waals surface area (Å²) >= 11 is 0. The molecule has 2 heterocycles. The van der Waals surface area contributed by atoms with Crippen LogP contribution in [0.25, 0.3) is 11.0 Å². The highest BCUT2D eigenvalue weighted by Crippen LogP contribution is 2.22. The van der Waals surface area contributed by atoms with E-state index in [1.54, 1.807) is 0 Å². The molecule has 0 spiro atoms. The number of hydrogen-bond acceptors (Lipinski definition) is 3. The lowest BCUT2D eigenvalue weighted by Gasteiger charge is -2.20. The van der Waals surface area contributed by atoms with E-state index in [1.165, 1.54) is 10.1 Å². The zero-order valence-corrected chi connectivity index (χ0v) is 13.6. The molecule has 2 aromatic carbocycles. The first-order valence-corrected chi connectivity index (χ1v) is 8.36. The third-order valence-electron chi connectivity index (χ3n) is 4.86. The first-order chi connectivity index (χ1) is 11.8. The van der Waals surface area contributed by atoms with E-state index in [0.717, 1.165) is 42.7 Å². The molecule has 1 N–H and O–H groups in total. The summed E-state index contributed by atoms with van der Waals surface area (Å²) in [6.45, 7) is 3.03. The Morgan fingerprint density at radius 2 is 1.83 bits per heavy atom. The second-order valence-corrected chi connectivity index (χ2v) is 6.30. The molecular weight excluding hydrogens is 302 g/mol. The molecule has 24 heavy (non-hydrogen) atoms. The molecule has 0 unspecified atom stereocenters. The van der Waals surface area contributed by atoms with Gasteiger partial charge in [0, 0.05) is 26.2 Å². The van der Waals surface area contributed by atoms with Crippen molar-refractivity contribution >= 4 is 11.0 Å². The molecule has 0 radical (unpaired) electrons. The molecule has 1 aromatic heterocycles. The van der Waals surface area contributed by atoms with E-state index >= 15 is 0 Å². The van der Waals surface area contributed by atoms with Crippen molar-refractivity contribution in [2.45, 2.75) is 26.2 Å². The quantitative estimate of drug-likeness (QED) is 0.797. The minimum Gasteiger partial charge on any atom is -0.376 e. The summed E-state index contributed by atoms with van der Waals surface area (Å²) < 4.78 is 3.25. The Hall–Kier alpha value is -2.37. The number of imidazole rings is 1. The molecule has 3 aromatic rings. The van der Waals surface area contributed by atoms with Gasteiger partial charge >= 0.3 is 5.69 Å². The van der Waals surface area contributed by atoms with Gasteiger partial charge in [0.2, 0.25) is 0 Å². The second-order valence-electron chi connectivity index (χ2n) is 6.30. The summed E-state index contributed by atoms with van der Waals surface area (Å²) in [4.78, 5) is 14.9. The largest absolute Gasteiger partial charge is 0.376 e. The van der Waals surface area contributed by atoms with E-state index in [0.29, 0.717) is 6.54 Å². The highest BCUT2D eigenvalue weighted by Gasteiger charge is 2.21. The molecule has 124 valence electrons. The van der Waals surface area contributed by atoms with E-state index < -0.39 is 0 Å². The van der Waals surface area contributed by atoms with Gasteiger partial charge in [-0.15, -0.1) is 0 Å². The molecule has 0 saturated carbocycles. The molecular formula is C19H21N3O2. The number of aliphatic hydroxyl groups excluding tert-OH is 1. The van der Waals surface area contributed by atoms with Gasteiger partial charge in [0.05, 0.1) is 11.0 Å². The van der Waals surface area contributed by atoms with Crippen molar-refractivity contribution in [1.82, 2.24) is 14.0 Å². The molecule has 1 aliphatic heterocycles. The molecule has 1 aliphatic rings. The standard InChI is InChI=1S/C19H21N3O2/c23-14-22-17-8-4-7-16-13-20(10-9-15-5-2-1-3-6-15)11-12-21(18(16)17)19(22)24/h1-8,23H,9-14H2. The van der Waals surface area contributed by atoms with Gasteiger partial charge < -0.3 is 5.11 Å². The van der Waals surface area contributed by atoms with Crippen LogP contribution in [0.3, 0.4) is 0 Å². The fourth-order valence-corrected chi connectivity index (χ4v) is 3.61. The minimum absolute atomic E-state index is 0.121. The van der Waals surface area contributed by atoms with Crippen molar-refractivity contribution in [2.75, 3.05) is 13.1 Å². The summed E-state index contributed by atoms with van der Waals surface area (Å²) in [5.41, 5.74) is 4.16. The average Bonchev–Trinajstić information content (AvgIpc) is 2.77. The Balaban J connectivity index is 1.62. The van der Waals surface area contributed by atoms with Crippen LogP contribution in [0, 0.1) is 0 Å². The van der Waals surface area contributed by atoms with E-state index in [1.807, 2.05) is 22.8 Å². The van der Waals surface area contributed by atoms with Gasteiger partial charge in [-0.05, 0) is 23.6 Å². The van der Waals surface area contributed by atoms with E-state index in [9.17, 15) is 9.90 Å². The number of aromatic nitrogens is 2. The van der Waals surface area contributed by atoms with Crippen molar-refractivity contribution in [1.29, 1.82) is 0 Å². The zero-order chi connectivity index (χ0) is 16.5. The smallest absolute Gasteiger partial charge is 0.331 e. The van der Waals surface area contributed by atoms with Crippen LogP contribution in [0.5, 0.6) is 0 Å². The Kier molecular flexibility index (Phi) is 3.96. The maximum absolute atomic E-state index is 12.5. The average molecular weight is 323 g/mol. The molecule has 0 bridgehead atoms. The van der Waals surface area contributed by atoms with Crippen LogP contribution in [0.2, 0.25) is 0 Å². The number of rotatable bonds is 4. The van der Waals surface area contributed by atoms with Gasteiger partial charge in [0.15, 0.2) is 0 Å². The Labute approximate surface area is 140 Å². The van der Waals surface area contributed by atoms with Crippen LogP contribution in [0.4, 0.5) is 0 Å². The van der Waals surface area contributed by atoms with Gasteiger partial charge in [-0.2, -0.15) is 0 Å². The van der Waals surface area contributed by atoms with Crippen LogP contribution in [-0.2, 0) is 26.2 Å². The summed E-state index contributed by atoms with van der Waals surface area (Å²) in [6.07, 6.45) is 1.01. The molecule has 0 fully saturated rings. The van der Waals surface area contributed by atoms with Crippen LogP contribution >= 0.6 is 0 Å². The second kappa shape index (κ2) is 6.26. The van der Waals surface area contributed by atoms with Crippen LogP contribution < -0.4 is 5.69 Å². The lowest BCUT2D eigenvalue weighted by molar-refractivity contribution is 0.208. The topological polar surface area (TPSA) is 50.4 Å². The Bertz CT molecular complexity index is 912. The maximum Gasteiger partial charge on any atom is 0.331 e. The molecule has 0 atom stereocenters. The van der Waals surface area contributed by atoms with Gasteiger partial charge in [-0.1, -0.05) is 42.5 Å².